The van der Waals surface area contributed by atoms with Gasteiger partial charge < -0.3 is 10.0 Å². The van der Waals surface area contributed by atoms with Crippen molar-refractivity contribution in [1.82, 2.24) is 0 Å². The molecule has 25 heavy (non-hydrogen) atoms. The Balaban J connectivity index is 2.05. The Kier molecular flexibility index (Phi) is 4.87. The normalized spacial score (nSPS) is 18.9. The summed E-state index contributed by atoms with van der Waals surface area (Å²) in [6, 6.07) is 11.8. The van der Waals surface area contributed by atoms with Crippen LogP contribution in [0.1, 0.15) is 17.7 Å². The predicted molar refractivity (Wildman–Crippen MR) is 97.6 cm³/mol. The van der Waals surface area contributed by atoms with Gasteiger partial charge in [-0.25, -0.2) is 0 Å². The van der Waals surface area contributed by atoms with E-state index in [-0.39, 0.29) is 23.5 Å². The van der Waals surface area contributed by atoms with Gasteiger partial charge in [-0.05, 0) is 37.3 Å². The molecule has 0 aliphatic carbocycles. The molecule has 0 bridgehead atoms. The number of aliphatic carboxylic acids is 1. The molecule has 1 N–H and O–H groups in total. The number of nitro benzene ring substituents is 1. The molecule has 0 radical (unpaired) electrons. The molecule has 2 unspecified atom stereocenters. The minimum absolute atomic E-state index is 0.0173. The van der Waals surface area contributed by atoms with E-state index in [2.05, 4.69) is 0 Å². The molecule has 0 spiro atoms. The number of fused-ring (bicyclic) bond motifs is 1. The summed E-state index contributed by atoms with van der Waals surface area (Å²) < 4.78 is 0. The SMILES string of the molecule is CC1C(Sc2ccc(Cl)cc2)c2c(cccc2[N+](=O)[O-])N1CC(=O)O. The van der Waals surface area contributed by atoms with Crippen molar-refractivity contribution in [2.24, 2.45) is 0 Å². The molecule has 130 valence electrons. The Morgan fingerprint density at radius 3 is 2.60 bits per heavy atom. The van der Waals surface area contributed by atoms with Gasteiger partial charge in [0, 0.05) is 27.7 Å². The van der Waals surface area contributed by atoms with Gasteiger partial charge in [0.25, 0.3) is 5.69 Å². The topological polar surface area (TPSA) is 83.7 Å². The van der Waals surface area contributed by atoms with Crippen molar-refractivity contribution in [3.05, 3.63) is 63.2 Å². The van der Waals surface area contributed by atoms with Crippen LogP contribution < -0.4 is 4.90 Å². The van der Waals surface area contributed by atoms with Crippen molar-refractivity contribution >= 4 is 40.7 Å². The molecule has 1 aliphatic heterocycles. The lowest BCUT2D eigenvalue weighted by molar-refractivity contribution is -0.385. The Labute approximate surface area is 153 Å². The van der Waals surface area contributed by atoms with Crippen molar-refractivity contribution in [2.75, 3.05) is 11.4 Å². The van der Waals surface area contributed by atoms with Gasteiger partial charge in [-0.3, -0.25) is 14.9 Å². The van der Waals surface area contributed by atoms with Crippen LogP contribution in [0.3, 0.4) is 0 Å². The summed E-state index contributed by atoms with van der Waals surface area (Å²) in [6.45, 7) is 1.69. The van der Waals surface area contributed by atoms with Crippen LogP contribution in [-0.4, -0.2) is 28.6 Å². The lowest BCUT2D eigenvalue weighted by Crippen LogP contribution is -2.35. The van der Waals surface area contributed by atoms with Gasteiger partial charge in [-0.1, -0.05) is 17.7 Å². The molecule has 6 nitrogen and oxygen atoms in total. The number of rotatable bonds is 5. The van der Waals surface area contributed by atoms with Crippen molar-refractivity contribution < 1.29 is 14.8 Å². The highest BCUT2D eigenvalue weighted by Gasteiger charge is 2.41. The van der Waals surface area contributed by atoms with E-state index < -0.39 is 10.9 Å². The average Bonchev–Trinajstić information content (AvgIpc) is 2.82. The molecule has 2 atom stereocenters. The second-order valence-corrected chi connectivity index (χ2v) is 7.37. The summed E-state index contributed by atoms with van der Waals surface area (Å²) in [6.07, 6.45) is 0. The first-order chi connectivity index (χ1) is 11.9. The number of nitro groups is 1. The second-order valence-electron chi connectivity index (χ2n) is 5.72. The minimum atomic E-state index is -0.971. The highest BCUT2D eigenvalue weighted by atomic mass is 35.5. The average molecular weight is 379 g/mol. The Morgan fingerprint density at radius 1 is 1.32 bits per heavy atom. The molecule has 0 saturated carbocycles. The quantitative estimate of drug-likeness (QED) is 0.614. The number of thioether (sulfide) groups is 1. The fourth-order valence-electron chi connectivity index (χ4n) is 3.06. The minimum Gasteiger partial charge on any atom is -0.480 e. The zero-order valence-electron chi connectivity index (χ0n) is 13.3. The zero-order valence-corrected chi connectivity index (χ0v) is 14.8. The first-order valence-corrected chi connectivity index (χ1v) is 8.82. The van der Waals surface area contributed by atoms with Gasteiger partial charge in [0.05, 0.1) is 15.7 Å². The highest BCUT2D eigenvalue weighted by Crippen LogP contribution is 2.52. The summed E-state index contributed by atoms with van der Waals surface area (Å²) in [5.74, 6) is -0.971. The molecule has 2 aromatic rings. The van der Waals surface area contributed by atoms with Crippen molar-refractivity contribution in [2.45, 2.75) is 23.1 Å². The van der Waals surface area contributed by atoms with Crippen LogP contribution in [0.5, 0.6) is 0 Å². The second kappa shape index (κ2) is 6.93. The predicted octanol–water partition coefficient (Wildman–Crippen LogP) is 4.37. The number of halogens is 1. The molecule has 0 fully saturated rings. The van der Waals surface area contributed by atoms with E-state index in [1.54, 1.807) is 29.2 Å². The van der Waals surface area contributed by atoms with Gasteiger partial charge in [0.1, 0.15) is 6.54 Å². The van der Waals surface area contributed by atoms with Gasteiger partial charge in [0.15, 0.2) is 0 Å². The van der Waals surface area contributed by atoms with Crippen LogP contribution >= 0.6 is 23.4 Å². The third-order valence-electron chi connectivity index (χ3n) is 4.16. The number of hydrogen-bond donors (Lipinski definition) is 1. The lowest BCUT2D eigenvalue weighted by atomic mass is 10.1. The van der Waals surface area contributed by atoms with Crippen LogP contribution in [-0.2, 0) is 4.79 Å². The van der Waals surface area contributed by atoms with Crippen molar-refractivity contribution in [3.8, 4) is 0 Å². The number of carboxylic acid groups (broad SMARTS) is 1. The van der Waals surface area contributed by atoms with Crippen LogP contribution in [0.4, 0.5) is 11.4 Å². The standard InChI is InChI=1S/C17H15ClN2O4S/c1-10-17(25-12-7-5-11(18)6-8-12)16-13(19(10)9-15(21)22)3-2-4-14(16)20(23)24/h2-8,10,17H,9H2,1H3,(H,21,22). The third-order valence-corrected chi connectivity index (χ3v) is 5.84. The summed E-state index contributed by atoms with van der Waals surface area (Å²) in [4.78, 5) is 24.9. The van der Waals surface area contributed by atoms with E-state index >= 15 is 0 Å². The smallest absolute Gasteiger partial charge is 0.323 e. The van der Waals surface area contributed by atoms with Crippen molar-refractivity contribution in [1.29, 1.82) is 0 Å². The summed E-state index contributed by atoms with van der Waals surface area (Å²) >= 11 is 7.39. The van der Waals surface area contributed by atoms with Gasteiger partial charge in [0.2, 0.25) is 0 Å². The van der Waals surface area contributed by atoms with Crippen LogP contribution in [0.25, 0.3) is 0 Å². The van der Waals surface area contributed by atoms with E-state index in [1.807, 2.05) is 19.1 Å². The molecule has 3 rings (SSSR count). The van der Waals surface area contributed by atoms with Crippen LogP contribution in [0, 0.1) is 10.1 Å². The van der Waals surface area contributed by atoms with Crippen LogP contribution in [0.2, 0.25) is 5.02 Å². The van der Waals surface area contributed by atoms with E-state index in [1.165, 1.54) is 17.8 Å². The molecule has 2 aromatic carbocycles. The number of benzene rings is 2. The molecule has 0 saturated heterocycles. The molecule has 0 aromatic heterocycles. The monoisotopic (exact) mass is 378 g/mol. The van der Waals surface area contributed by atoms with Crippen molar-refractivity contribution in [3.63, 3.8) is 0 Å². The van der Waals surface area contributed by atoms with Gasteiger partial charge in [-0.15, -0.1) is 11.8 Å². The molecular formula is C17H15ClN2O4S. The molecular weight excluding hydrogens is 364 g/mol. The molecule has 8 heteroatoms. The Morgan fingerprint density at radius 2 is 2.00 bits per heavy atom. The molecule has 1 heterocycles. The number of hydrogen-bond acceptors (Lipinski definition) is 5. The first kappa shape index (κ1) is 17.6. The number of nitrogens with zero attached hydrogens (tertiary/aromatic N) is 2. The molecule has 0 amide bonds. The zero-order chi connectivity index (χ0) is 18.1. The van der Waals surface area contributed by atoms with Crippen LogP contribution in [0.15, 0.2) is 47.4 Å². The van der Waals surface area contributed by atoms with Gasteiger partial charge >= 0.3 is 5.97 Å². The lowest BCUT2D eigenvalue weighted by Gasteiger charge is -2.25. The van der Waals surface area contributed by atoms with E-state index in [9.17, 15) is 20.0 Å². The number of carboxylic acids is 1. The highest BCUT2D eigenvalue weighted by molar-refractivity contribution is 7.99. The summed E-state index contributed by atoms with van der Waals surface area (Å²) in [5, 5.41) is 21.0. The number of carbonyl (C=O) groups is 1. The summed E-state index contributed by atoms with van der Waals surface area (Å²) in [5.41, 5.74) is 1.19. The Hall–Kier alpha value is -2.25. The van der Waals surface area contributed by atoms with E-state index in [4.69, 9.17) is 11.6 Å². The fourth-order valence-corrected chi connectivity index (χ4v) is 4.47. The number of anilines is 1. The van der Waals surface area contributed by atoms with E-state index in [0.717, 1.165) is 4.90 Å². The van der Waals surface area contributed by atoms with E-state index in [0.29, 0.717) is 16.3 Å². The Bertz CT molecular complexity index is 828. The van der Waals surface area contributed by atoms with Gasteiger partial charge in [-0.2, -0.15) is 0 Å². The first-order valence-electron chi connectivity index (χ1n) is 7.56. The maximum atomic E-state index is 11.5. The maximum absolute atomic E-state index is 11.5. The summed E-state index contributed by atoms with van der Waals surface area (Å²) in [7, 11) is 0. The molecule has 1 aliphatic rings. The maximum Gasteiger partial charge on any atom is 0.323 e. The fraction of sp³-hybridized carbons (Fsp3) is 0.235. The third kappa shape index (κ3) is 3.43. The largest absolute Gasteiger partial charge is 0.480 e.